The van der Waals surface area contributed by atoms with Crippen molar-refractivity contribution in [3.8, 4) is 17.1 Å². The molecule has 3 heterocycles. The van der Waals surface area contributed by atoms with Crippen LogP contribution in [0.3, 0.4) is 0 Å². The van der Waals surface area contributed by atoms with Gasteiger partial charge < -0.3 is 10.5 Å². The maximum atomic E-state index is 12.3. The highest BCUT2D eigenvalue weighted by Gasteiger charge is 2.20. The Bertz CT molecular complexity index is 1340. The van der Waals surface area contributed by atoms with Gasteiger partial charge in [-0.05, 0) is 69.7 Å². The zero-order valence-electron chi connectivity index (χ0n) is 20.4. The van der Waals surface area contributed by atoms with Crippen molar-refractivity contribution in [3.63, 3.8) is 0 Å². The van der Waals surface area contributed by atoms with Crippen LogP contribution in [0.1, 0.15) is 57.0 Å². The first-order valence-electron chi connectivity index (χ1n) is 11.5. The molecule has 7 heteroatoms. The number of benzene rings is 1. The van der Waals surface area contributed by atoms with Crippen LogP contribution in [0.25, 0.3) is 28.0 Å². The Morgan fingerprint density at radius 2 is 1.88 bits per heavy atom. The van der Waals surface area contributed by atoms with Crippen LogP contribution in [0, 0.1) is 6.92 Å². The first-order chi connectivity index (χ1) is 16.1. The maximum absolute atomic E-state index is 12.3. The van der Waals surface area contributed by atoms with Crippen LogP contribution in [0.2, 0.25) is 0 Å². The zero-order valence-corrected chi connectivity index (χ0v) is 20.4. The number of ether oxygens (including phenoxy) is 1. The van der Waals surface area contributed by atoms with Gasteiger partial charge in [0.2, 0.25) is 0 Å². The molecule has 1 aromatic carbocycles. The normalized spacial score (nSPS) is 12.6. The number of nitrogens with two attached hydrogens (primary N) is 1. The lowest BCUT2D eigenvalue weighted by molar-refractivity contribution is -0.155. The first kappa shape index (κ1) is 23.6. The van der Waals surface area contributed by atoms with E-state index in [2.05, 4.69) is 22.2 Å². The third-order valence-corrected chi connectivity index (χ3v) is 5.55. The van der Waals surface area contributed by atoms with Gasteiger partial charge in [0.05, 0.1) is 23.8 Å². The van der Waals surface area contributed by atoms with Gasteiger partial charge in [0, 0.05) is 34.8 Å². The number of rotatable bonds is 6. The predicted molar refractivity (Wildman–Crippen MR) is 134 cm³/mol. The number of hydrogen-bond acceptors (Lipinski definition) is 6. The minimum atomic E-state index is -0.505. The molecule has 0 aliphatic heterocycles. The van der Waals surface area contributed by atoms with Crippen molar-refractivity contribution in [2.45, 2.75) is 59.1 Å². The molecule has 1 atom stereocenters. The van der Waals surface area contributed by atoms with Crippen LogP contribution in [0.4, 0.5) is 0 Å². The molecule has 4 aromatic rings. The summed E-state index contributed by atoms with van der Waals surface area (Å²) in [6.07, 6.45) is 2.10. The van der Waals surface area contributed by atoms with Crippen molar-refractivity contribution >= 4 is 16.9 Å². The smallest absolute Gasteiger partial charge is 0.306 e. The molecule has 0 radical (unpaired) electrons. The van der Waals surface area contributed by atoms with Gasteiger partial charge in [-0.2, -0.15) is 5.10 Å². The summed E-state index contributed by atoms with van der Waals surface area (Å²) in [7, 11) is 0. The van der Waals surface area contributed by atoms with Crippen molar-refractivity contribution in [2.24, 2.45) is 5.73 Å². The summed E-state index contributed by atoms with van der Waals surface area (Å²) in [5, 5.41) is 5.57. The van der Waals surface area contributed by atoms with Crippen LogP contribution in [-0.4, -0.2) is 31.3 Å². The van der Waals surface area contributed by atoms with Crippen molar-refractivity contribution in [1.29, 1.82) is 0 Å². The summed E-state index contributed by atoms with van der Waals surface area (Å²) >= 11 is 0. The highest BCUT2D eigenvalue weighted by Crippen LogP contribution is 2.29. The molecular formula is C27H31N5O2. The molecule has 1 unspecified atom stereocenters. The molecule has 0 saturated carbocycles. The molecule has 0 aliphatic rings. The maximum Gasteiger partial charge on any atom is 0.306 e. The van der Waals surface area contributed by atoms with E-state index in [-0.39, 0.29) is 18.3 Å². The zero-order chi connectivity index (χ0) is 24.5. The summed E-state index contributed by atoms with van der Waals surface area (Å²) in [5.74, 6) is 0.450. The molecule has 0 spiro atoms. The number of esters is 1. The van der Waals surface area contributed by atoms with E-state index in [0.717, 1.165) is 44.9 Å². The fourth-order valence-electron chi connectivity index (χ4n) is 3.97. The summed E-state index contributed by atoms with van der Waals surface area (Å²) in [4.78, 5) is 21.8. The molecule has 34 heavy (non-hydrogen) atoms. The Balaban J connectivity index is 1.71. The average molecular weight is 458 g/mol. The predicted octanol–water partition coefficient (Wildman–Crippen LogP) is 5.08. The van der Waals surface area contributed by atoms with Gasteiger partial charge >= 0.3 is 5.97 Å². The number of aryl methyl sites for hydroxylation is 1. The fraction of sp³-hybridized carbons (Fsp3) is 0.333. The number of hydrogen-bond donors (Lipinski definition) is 1. The Labute approximate surface area is 200 Å². The number of nitrogens with zero attached hydrogens (tertiary/aromatic N) is 4. The minimum absolute atomic E-state index is 0.0745. The largest absolute Gasteiger partial charge is 0.460 e. The van der Waals surface area contributed by atoms with Crippen molar-refractivity contribution in [2.75, 3.05) is 0 Å². The van der Waals surface area contributed by atoms with Crippen LogP contribution >= 0.6 is 0 Å². The minimum Gasteiger partial charge on any atom is -0.460 e. The molecule has 7 nitrogen and oxygen atoms in total. The van der Waals surface area contributed by atoms with Gasteiger partial charge in [0.25, 0.3) is 0 Å². The summed E-state index contributed by atoms with van der Waals surface area (Å²) in [5.41, 5.74) is 11.0. The van der Waals surface area contributed by atoms with E-state index in [1.54, 1.807) is 0 Å². The van der Waals surface area contributed by atoms with E-state index in [0.29, 0.717) is 6.54 Å². The summed E-state index contributed by atoms with van der Waals surface area (Å²) in [6.45, 7) is 9.94. The molecule has 0 aliphatic carbocycles. The Morgan fingerprint density at radius 1 is 1.12 bits per heavy atom. The van der Waals surface area contributed by atoms with E-state index < -0.39 is 5.60 Å². The van der Waals surface area contributed by atoms with Crippen LogP contribution < -0.4 is 5.73 Å². The molecule has 2 N–H and O–H groups in total. The number of aromatic nitrogens is 4. The molecule has 0 amide bonds. The Kier molecular flexibility index (Phi) is 6.48. The number of fused-ring (bicyclic) bond motifs is 1. The monoisotopic (exact) mass is 457 g/mol. The van der Waals surface area contributed by atoms with Crippen molar-refractivity contribution < 1.29 is 9.53 Å². The van der Waals surface area contributed by atoms with E-state index in [4.69, 9.17) is 15.5 Å². The molecule has 3 aromatic heterocycles. The molecule has 0 fully saturated rings. The molecular weight excluding hydrogens is 426 g/mol. The van der Waals surface area contributed by atoms with Gasteiger partial charge in [-0.1, -0.05) is 19.1 Å². The summed E-state index contributed by atoms with van der Waals surface area (Å²) in [6, 6.07) is 15.9. The van der Waals surface area contributed by atoms with Gasteiger partial charge in [0.1, 0.15) is 5.60 Å². The molecule has 0 bridgehead atoms. The third kappa shape index (κ3) is 5.15. The topological polar surface area (TPSA) is 95.9 Å². The second-order valence-corrected chi connectivity index (χ2v) is 9.61. The molecule has 0 saturated heterocycles. The van der Waals surface area contributed by atoms with Gasteiger partial charge in [0.15, 0.2) is 5.82 Å². The van der Waals surface area contributed by atoms with Crippen molar-refractivity contribution in [1.82, 2.24) is 19.7 Å². The van der Waals surface area contributed by atoms with Gasteiger partial charge in [-0.3, -0.25) is 9.78 Å². The lowest BCUT2D eigenvalue weighted by Crippen LogP contribution is -2.24. The van der Waals surface area contributed by atoms with Crippen LogP contribution in [0.15, 0.2) is 54.7 Å². The van der Waals surface area contributed by atoms with E-state index >= 15 is 0 Å². The van der Waals surface area contributed by atoms with Gasteiger partial charge in [-0.25, -0.2) is 9.67 Å². The third-order valence-electron chi connectivity index (χ3n) is 5.55. The van der Waals surface area contributed by atoms with E-state index in [1.807, 2.05) is 81.9 Å². The SMILES string of the molecule is Cc1cccc(-n2ncc3c(CN)cc(-c4cccc(C(C)CC(=O)OC(C)(C)C)n4)cc32)n1. The second kappa shape index (κ2) is 9.35. The Hall–Kier alpha value is -3.58. The van der Waals surface area contributed by atoms with Crippen molar-refractivity contribution in [3.05, 3.63) is 71.7 Å². The quantitative estimate of drug-likeness (QED) is 0.405. The number of carbonyl (C=O) groups is 1. The van der Waals surface area contributed by atoms with E-state index in [9.17, 15) is 4.79 Å². The van der Waals surface area contributed by atoms with E-state index in [1.165, 1.54) is 0 Å². The number of carbonyl (C=O) groups excluding carboxylic acids is 1. The fourth-order valence-corrected chi connectivity index (χ4v) is 3.97. The first-order valence-corrected chi connectivity index (χ1v) is 11.5. The average Bonchev–Trinajstić information content (AvgIpc) is 3.21. The number of pyridine rings is 2. The Morgan fingerprint density at radius 3 is 2.59 bits per heavy atom. The van der Waals surface area contributed by atoms with Gasteiger partial charge in [-0.15, -0.1) is 0 Å². The second-order valence-electron chi connectivity index (χ2n) is 9.61. The highest BCUT2D eigenvalue weighted by atomic mass is 16.6. The lowest BCUT2D eigenvalue weighted by atomic mass is 10.00. The summed E-state index contributed by atoms with van der Waals surface area (Å²) < 4.78 is 7.31. The molecule has 4 rings (SSSR count). The highest BCUT2D eigenvalue weighted by molar-refractivity contribution is 5.88. The van der Waals surface area contributed by atoms with Crippen LogP contribution in [0.5, 0.6) is 0 Å². The lowest BCUT2D eigenvalue weighted by Gasteiger charge is -2.21. The van der Waals surface area contributed by atoms with Crippen LogP contribution in [-0.2, 0) is 16.1 Å². The molecule has 176 valence electrons. The standard InChI is InChI=1S/C27H31N5O2/c1-17(12-26(33)34-27(3,4)5)22-9-7-10-23(31-22)19-13-20(15-28)21-16-29-32(24(21)14-19)25-11-6-8-18(2)30-25/h6-11,13-14,16-17H,12,15,28H2,1-5H3.